The second-order valence-corrected chi connectivity index (χ2v) is 8.47. The minimum Gasteiger partial charge on any atom is -0.382 e. The second-order valence-electron chi connectivity index (χ2n) is 8.08. The molecular weight excluding hydrogens is 403 g/mol. The van der Waals surface area contributed by atoms with Crippen LogP contribution in [0.3, 0.4) is 0 Å². The lowest BCUT2D eigenvalue weighted by molar-refractivity contribution is -0.142. The standard InChI is InChI=1S/C20H25ClF3N5/c21-19-10-18(26-15-4-2-14(3-5-15)12-28-7-1-8-28)16(11-25-19)17-6-9-29(27-17)13-20(22,23)24/h6,9-11,14-15H,1-5,7-8,12-13H2,(H,25,26). The average molecular weight is 428 g/mol. The Morgan fingerprint density at radius 3 is 2.59 bits per heavy atom. The molecule has 0 atom stereocenters. The summed E-state index contributed by atoms with van der Waals surface area (Å²) in [4.78, 5) is 6.63. The molecule has 1 aliphatic carbocycles. The molecule has 2 aromatic heterocycles. The maximum absolute atomic E-state index is 12.6. The van der Waals surface area contributed by atoms with Crippen LogP contribution in [0.2, 0.25) is 5.15 Å². The van der Waals surface area contributed by atoms with E-state index in [4.69, 9.17) is 11.6 Å². The Morgan fingerprint density at radius 2 is 1.93 bits per heavy atom. The zero-order chi connectivity index (χ0) is 20.4. The fourth-order valence-electron chi connectivity index (χ4n) is 4.17. The van der Waals surface area contributed by atoms with Gasteiger partial charge in [-0.2, -0.15) is 18.3 Å². The quantitative estimate of drug-likeness (QED) is 0.670. The Kier molecular flexibility index (Phi) is 6.01. The first kappa shape index (κ1) is 20.5. The molecule has 5 nitrogen and oxygen atoms in total. The fourth-order valence-corrected chi connectivity index (χ4v) is 4.33. The Morgan fingerprint density at radius 1 is 1.17 bits per heavy atom. The molecule has 2 aliphatic rings. The molecule has 1 saturated carbocycles. The highest BCUT2D eigenvalue weighted by molar-refractivity contribution is 6.29. The Balaban J connectivity index is 1.42. The van der Waals surface area contributed by atoms with Crippen LogP contribution in [0.15, 0.2) is 24.5 Å². The van der Waals surface area contributed by atoms with E-state index < -0.39 is 12.7 Å². The second kappa shape index (κ2) is 8.52. The lowest BCUT2D eigenvalue weighted by Crippen LogP contribution is -2.41. The van der Waals surface area contributed by atoms with Gasteiger partial charge < -0.3 is 10.2 Å². The number of hydrogen-bond acceptors (Lipinski definition) is 4. The predicted octanol–water partition coefficient (Wildman–Crippen LogP) is 4.84. The van der Waals surface area contributed by atoms with E-state index in [1.165, 1.54) is 45.1 Å². The lowest BCUT2D eigenvalue weighted by Gasteiger charge is -2.37. The highest BCUT2D eigenvalue weighted by Crippen LogP contribution is 2.33. The number of anilines is 1. The number of halogens is 4. The van der Waals surface area contributed by atoms with Crippen LogP contribution in [-0.2, 0) is 6.54 Å². The number of rotatable bonds is 6. The van der Waals surface area contributed by atoms with Crippen LogP contribution in [0.25, 0.3) is 11.3 Å². The first-order valence-corrected chi connectivity index (χ1v) is 10.5. The summed E-state index contributed by atoms with van der Waals surface area (Å²) < 4.78 is 38.8. The van der Waals surface area contributed by atoms with Gasteiger partial charge in [-0.1, -0.05) is 11.6 Å². The maximum atomic E-state index is 12.6. The van der Waals surface area contributed by atoms with Gasteiger partial charge in [0.1, 0.15) is 11.7 Å². The molecule has 0 radical (unpaired) electrons. The zero-order valence-corrected chi connectivity index (χ0v) is 16.9. The summed E-state index contributed by atoms with van der Waals surface area (Å²) >= 11 is 6.09. The Bertz CT molecular complexity index is 826. The summed E-state index contributed by atoms with van der Waals surface area (Å²) in [7, 11) is 0. The first-order valence-electron chi connectivity index (χ1n) is 10.1. The van der Waals surface area contributed by atoms with Gasteiger partial charge in [-0.15, -0.1) is 0 Å². The number of alkyl halides is 3. The van der Waals surface area contributed by atoms with E-state index in [1.807, 2.05) is 0 Å². The highest BCUT2D eigenvalue weighted by atomic mass is 35.5. The van der Waals surface area contributed by atoms with Crippen LogP contribution in [0.1, 0.15) is 32.1 Å². The van der Waals surface area contributed by atoms with Crippen LogP contribution >= 0.6 is 11.6 Å². The molecule has 29 heavy (non-hydrogen) atoms. The Hall–Kier alpha value is -1.80. The molecule has 1 N–H and O–H groups in total. The van der Waals surface area contributed by atoms with Gasteiger partial charge in [-0.25, -0.2) is 4.98 Å². The van der Waals surface area contributed by atoms with Gasteiger partial charge >= 0.3 is 6.18 Å². The molecule has 0 aromatic carbocycles. The summed E-state index contributed by atoms with van der Waals surface area (Å²) in [5.41, 5.74) is 1.89. The van der Waals surface area contributed by atoms with Crippen molar-refractivity contribution in [2.24, 2.45) is 5.92 Å². The summed E-state index contributed by atoms with van der Waals surface area (Å²) in [6.45, 7) is 2.56. The van der Waals surface area contributed by atoms with Crippen LogP contribution in [0.5, 0.6) is 0 Å². The minimum absolute atomic E-state index is 0.317. The molecule has 158 valence electrons. The van der Waals surface area contributed by atoms with Gasteiger partial charge in [0.25, 0.3) is 0 Å². The molecule has 4 rings (SSSR count). The smallest absolute Gasteiger partial charge is 0.382 e. The summed E-state index contributed by atoms with van der Waals surface area (Å²) in [5, 5.41) is 7.96. The van der Waals surface area contributed by atoms with Crippen molar-refractivity contribution in [3.05, 3.63) is 29.7 Å². The number of likely N-dealkylation sites (tertiary alicyclic amines) is 1. The van der Waals surface area contributed by atoms with E-state index in [0.717, 1.165) is 29.1 Å². The molecule has 1 saturated heterocycles. The van der Waals surface area contributed by atoms with Gasteiger partial charge in [0.05, 0.1) is 5.69 Å². The van der Waals surface area contributed by atoms with Crippen molar-refractivity contribution in [2.75, 3.05) is 25.0 Å². The Labute approximate surface area is 173 Å². The van der Waals surface area contributed by atoms with Crippen molar-refractivity contribution in [3.63, 3.8) is 0 Å². The molecule has 2 fully saturated rings. The first-order chi connectivity index (χ1) is 13.9. The van der Waals surface area contributed by atoms with Crippen LogP contribution < -0.4 is 5.32 Å². The normalized spacial score (nSPS) is 23.0. The third-order valence-electron chi connectivity index (χ3n) is 5.80. The van der Waals surface area contributed by atoms with Crippen molar-refractivity contribution >= 4 is 17.3 Å². The molecule has 0 unspecified atom stereocenters. The minimum atomic E-state index is -4.31. The molecule has 9 heteroatoms. The van der Waals surface area contributed by atoms with Crippen molar-refractivity contribution in [2.45, 2.75) is 50.9 Å². The van der Waals surface area contributed by atoms with Crippen molar-refractivity contribution in [1.29, 1.82) is 0 Å². The number of nitrogens with one attached hydrogen (secondary N) is 1. The monoisotopic (exact) mass is 427 g/mol. The van der Waals surface area contributed by atoms with Crippen molar-refractivity contribution in [1.82, 2.24) is 19.7 Å². The van der Waals surface area contributed by atoms with E-state index in [-0.39, 0.29) is 0 Å². The largest absolute Gasteiger partial charge is 0.408 e. The highest BCUT2D eigenvalue weighted by Gasteiger charge is 2.29. The SMILES string of the molecule is FC(F)(F)Cn1ccc(-c2cnc(Cl)cc2NC2CCC(CN3CCC3)CC2)n1. The van der Waals surface area contributed by atoms with E-state index in [0.29, 0.717) is 22.5 Å². The zero-order valence-electron chi connectivity index (χ0n) is 16.1. The van der Waals surface area contributed by atoms with Crippen molar-refractivity contribution < 1.29 is 13.2 Å². The summed E-state index contributed by atoms with van der Waals surface area (Å²) in [6, 6.07) is 3.62. The summed E-state index contributed by atoms with van der Waals surface area (Å²) in [5.74, 6) is 0.756. The molecule has 0 bridgehead atoms. The van der Waals surface area contributed by atoms with Gasteiger partial charge in [0.2, 0.25) is 0 Å². The average Bonchev–Trinajstić information content (AvgIpc) is 3.06. The number of hydrogen-bond donors (Lipinski definition) is 1. The third kappa shape index (κ3) is 5.42. The molecule has 3 heterocycles. The van der Waals surface area contributed by atoms with Crippen LogP contribution in [0.4, 0.5) is 18.9 Å². The molecule has 0 spiro atoms. The molecule has 0 amide bonds. The summed E-state index contributed by atoms with van der Waals surface area (Å²) in [6.07, 6.45) is 4.42. The van der Waals surface area contributed by atoms with Gasteiger partial charge in [-0.3, -0.25) is 4.68 Å². The lowest BCUT2D eigenvalue weighted by atomic mass is 9.85. The predicted molar refractivity (Wildman–Crippen MR) is 107 cm³/mol. The number of nitrogens with zero attached hydrogens (tertiary/aromatic N) is 4. The topological polar surface area (TPSA) is 46.0 Å². The van der Waals surface area contributed by atoms with E-state index in [9.17, 15) is 13.2 Å². The van der Waals surface area contributed by atoms with Gasteiger partial charge in [0.15, 0.2) is 0 Å². The van der Waals surface area contributed by atoms with E-state index in [2.05, 4.69) is 20.3 Å². The molecule has 1 aliphatic heterocycles. The fraction of sp³-hybridized carbons (Fsp3) is 0.600. The van der Waals surface area contributed by atoms with E-state index >= 15 is 0 Å². The van der Waals surface area contributed by atoms with Gasteiger partial charge in [0, 0.05) is 36.2 Å². The van der Waals surface area contributed by atoms with Crippen LogP contribution in [-0.4, -0.2) is 51.5 Å². The van der Waals surface area contributed by atoms with Crippen molar-refractivity contribution in [3.8, 4) is 11.3 Å². The third-order valence-corrected chi connectivity index (χ3v) is 6.01. The van der Waals surface area contributed by atoms with Gasteiger partial charge in [-0.05, 0) is 63.2 Å². The van der Waals surface area contributed by atoms with E-state index in [1.54, 1.807) is 18.3 Å². The number of pyridine rings is 1. The maximum Gasteiger partial charge on any atom is 0.408 e. The van der Waals surface area contributed by atoms with Crippen LogP contribution in [0, 0.1) is 5.92 Å². The molecule has 2 aromatic rings. The molecular formula is C20H25ClF3N5. The number of aromatic nitrogens is 3.